The zero-order valence-corrected chi connectivity index (χ0v) is 14.8. The number of carbonyl (C=O) groups excluding carboxylic acids is 2. The Bertz CT molecular complexity index is 729. The third kappa shape index (κ3) is 4.39. The summed E-state index contributed by atoms with van der Waals surface area (Å²) in [6.45, 7) is 5.86. The van der Waals surface area contributed by atoms with E-state index >= 15 is 0 Å². The van der Waals surface area contributed by atoms with Gasteiger partial charge in [-0.1, -0.05) is 18.2 Å². The summed E-state index contributed by atoms with van der Waals surface area (Å²) in [6, 6.07) is 8.99. The monoisotopic (exact) mass is 375 g/mol. The quantitative estimate of drug-likeness (QED) is 0.808. The molecule has 1 atom stereocenters. The van der Waals surface area contributed by atoms with E-state index < -0.39 is 11.8 Å². The van der Waals surface area contributed by atoms with E-state index in [9.17, 15) is 9.59 Å². The van der Waals surface area contributed by atoms with Crippen molar-refractivity contribution in [2.45, 2.75) is 26.8 Å². The van der Waals surface area contributed by atoms with E-state index in [0.29, 0.717) is 5.82 Å². The molecule has 1 aromatic carbocycles. The number of aryl methyl sites for hydroxylation is 1. The molecule has 0 fully saturated rings. The van der Waals surface area contributed by atoms with Crippen LogP contribution in [0.4, 0.5) is 5.82 Å². The lowest BCUT2D eigenvalue weighted by Gasteiger charge is -2.17. The Labute approximate surface area is 143 Å². The highest BCUT2D eigenvalue weighted by atomic mass is 79.9. The third-order valence-corrected chi connectivity index (χ3v) is 4.10. The largest absolute Gasteiger partial charge is 0.341 e. The molecule has 2 amide bonds. The smallest absolute Gasteiger partial charge is 0.314 e. The second kappa shape index (κ2) is 7.37. The molecule has 0 unspecified atom stereocenters. The number of aromatic nitrogens is 1. The Morgan fingerprint density at radius 1 is 1.13 bits per heavy atom. The number of rotatable bonds is 3. The summed E-state index contributed by atoms with van der Waals surface area (Å²) in [4.78, 5) is 28.0. The molecule has 5 nitrogen and oxygen atoms in total. The van der Waals surface area contributed by atoms with Crippen LogP contribution in [-0.2, 0) is 9.59 Å². The second-order valence-electron chi connectivity index (χ2n) is 5.30. The first-order valence-electron chi connectivity index (χ1n) is 7.18. The van der Waals surface area contributed by atoms with Crippen molar-refractivity contribution in [3.05, 3.63) is 57.7 Å². The molecule has 0 radical (unpaired) electrons. The van der Waals surface area contributed by atoms with Crippen molar-refractivity contribution in [3.8, 4) is 0 Å². The fraction of sp³-hybridized carbons (Fsp3) is 0.235. The molecule has 0 saturated carbocycles. The van der Waals surface area contributed by atoms with Gasteiger partial charge < -0.3 is 10.6 Å². The number of hydrogen-bond acceptors (Lipinski definition) is 3. The molecular weight excluding hydrogens is 358 g/mol. The van der Waals surface area contributed by atoms with Gasteiger partial charge in [-0.3, -0.25) is 9.59 Å². The summed E-state index contributed by atoms with van der Waals surface area (Å²) in [5.41, 5.74) is 3.25. The number of anilines is 1. The fourth-order valence-corrected chi connectivity index (χ4v) is 2.44. The molecule has 0 aliphatic carbocycles. The average Bonchev–Trinajstić information content (AvgIpc) is 2.52. The Morgan fingerprint density at radius 2 is 1.87 bits per heavy atom. The first-order chi connectivity index (χ1) is 10.9. The summed E-state index contributed by atoms with van der Waals surface area (Å²) >= 11 is 3.26. The van der Waals surface area contributed by atoms with Crippen LogP contribution in [0, 0.1) is 13.8 Å². The van der Waals surface area contributed by atoms with Gasteiger partial charge in [0.05, 0.1) is 6.04 Å². The van der Waals surface area contributed by atoms with Gasteiger partial charge in [-0.2, -0.15) is 0 Å². The Kier molecular flexibility index (Phi) is 5.50. The van der Waals surface area contributed by atoms with Crippen molar-refractivity contribution >= 4 is 33.6 Å². The second-order valence-corrected chi connectivity index (χ2v) is 6.22. The van der Waals surface area contributed by atoms with E-state index in [1.165, 1.54) is 0 Å². The average molecular weight is 376 g/mol. The van der Waals surface area contributed by atoms with E-state index in [2.05, 4.69) is 31.5 Å². The molecule has 0 aliphatic rings. The summed E-state index contributed by atoms with van der Waals surface area (Å²) in [6.07, 6.45) is 1.55. The molecule has 120 valence electrons. The number of nitrogens with zero attached hydrogens (tertiary/aromatic N) is 1. The predicted molar refractivity (Wildman–Crippen MR) is 93.0 cm³/mol. The van der Waals surface area contributed by atoms with Crippen LogP contribution < -0.4 is 10.6 Å². The summed E-state index contributed by atoms with van der Waals surface area (Å²) in [7, 11) is 0. The van der Waals surface area contributed by atoms with E-state index in [1.807, 2.05) is 39.0 Å². The molecule has 0 spiro atoms. The van der Waals surface area contributed by atoms with Crippen molar-refractivity contribution in [2.75, 3.05) is 5.32 Å². The normalized spacial score (nSPS) is 11.7. The first kappa shape index (κ1) is 17.1. The highest BCUT2D eigenvalue weighted by molar-refractivity contribution is 9.10. The maximum Gasteiger partial charge on any atom is 0.314 e. The maximum absolute atomic E-state index is 12.0. The zero-order valence-electron chi connectivity index (χ0n) is 13.2. The topological polar surface area (TPSA) is 71.1 Å². The van der Waals surface area contributed by atoms with Crippen LogP contribution in [0.1, 0.15) is 29.7 Å². The fourth-order valence-electron chi connectivity index (χ4n) is 2.21. The highest BCUT2D eigenvalue weighted by Crippen LogP contribution is 2.20. The Balaban J connectivity index is 2.01. The van der Waals surface area contributed by atoms with Gasteiger partial charge in [0.15, 0.2) is 0 Å². The third-order valence-electron chi connectivity index (χ3n) is 3.64. The molecule has 23 heavy (non-hydrogen) atoms. The minimum atomic E-state index is -0.739. The van der Waals surface area contributed by atoms with Crippen LogP contribution in [0.5, 0.6) is 0 Å². The van der Waals surface area contributed by atoms with E-state index in [1.54, 1.807) is 18.3 Å². The first-order valence-corrected chi connectivity index (χ1v) is 7.97. The van der Waals surface area contributed by atoms with Crippen LogP contribution in [0.3, 0.4) is 0 Å². The number of pyridine rings is 1. The van der Waals surface area contributed by atoms with Crippen LogP contribution in [0.15, 0.2) is 41.0 Å². The predicted octanol–water partition coefficient (Wildman–Crippen LogP) is 3.28. The number of carbonyl (C=O) groups is 2. The van der Waals surface area contributed by atoms with Gasteiger partial charge in [0.2, 0.25) is 0 Å². The van der Waals surface area contributed by atoms with Gasteiger partial charge in [0.25, 0.3) is 0 Å². The van der Waals surface area contributed by atoms with E-state index in [4.69, 9.17) is 0 Å². The van der Waals surface area contributed by atoms with Crippen molar-refractivity contribution in [2.24, 2.45) is 0 Å². The molecule has 0 saturated heterocycles. The van der Waals surface area contributed by atoms with Crippen LogP contribution >= 0.6 is 15.9 Å². The molecule has 6 heteroatoms. The zero-order chi connectivity index (χ0) is 17.0. The Hall–Kier alpha value is -2.21. The number of halogens is 1. The van der Waals surface area contributed by atoms with E-state index in [-0.39, 0.29) is 6.04 Å². The number of nitrogens with one attached hydrogen (secondary N) is 2. The summed E-state index contributed by atoms with van der Waals surface area (Å²) < 4.78 is 0.795. The molecule has 1 heterocycles. The van der Waals surface area contributed by atoms with Gasteiger partial charge in [0.1, 0.15) is 5.82 Å². The number of benzene rings is 1. The lowest BCUT2D eigenvalue weighted by molar-refractivity contribution is -0.136. The molecule has 2 rings (SSSR count). The lowest BCUT2D eigenvalue weighted by atomic mass is 9.98. The highest BCUT2D eigenvalue weighted by Gasteiger charge is 2.18. The van der Waals surface area contributed by atoms with Crippen LogP contribution in [0.2, 0.25) is 0 Å². The molecule has 0 aliphatic heterocycles. The van der Waals surface area contributed by atoms with Gasteiger partial charge in [0, 0.05) is 10.7 Å². The van der Waals surface area contributed by atoms with Crippen molar-refractivity contribution in [1.82, 2.24) is 10.3 Å². The lowest BCUT2D eigenvalue weighted by Crippen LogP contribution is -2.37. The summed E-state index contributed by atoms with van der Waals surface area (Å²) in [5.74, 6) is -1.10. The molecule has 1 aromatic heterocycles. The van der Waals surface area contributed by atoms with Crippen molar-refractivity contribution in [3.63, 3.8) is 0 Å². The molecule has 0 bridgehead atoms. The van der Waals surface area contributed by atoms with Crippen molar-refractivity contribution in [1.29, 1.82) is 0 Å². The molecular formula is C17H18BrN3O2. The number of amides is 2. The van der Waals surface area contributed by atoms with Gasteiger partial charge in [-0.05, 0) is 65.5 Å². The minimum Gasteiger partial charge on any atom is -0.341 e. The minimum absolute atomic E-state index is 0.258. The summed E-state index contributed by atoms with van der Waals surface area (Å²) in [5, 5.41) is 5.18. The van der Waals surface area contributed by atoms with Gasteiger partial charge >= 0.3 is 11.8 Å². The standard InChI is InChI=1S/C17H18BrN3O2/c1-10-5-4-6-14(11(10)2)12(3)20-16(22)17(23)21-15-8-7-13(18)9-19-15/h4-9,12H,1-3H3,(H,20,22)(H,19,21,23)/t12-/m0/s1. The maximum atomic E-state index is 12.0. The SMILES string of the molecule is Cc1cccc([C@H](C)NC(=O)C(=O)Nc2ccc(Br)cn2)c1C. The van der Waals surface area contributed by atoms with Crippen LogP contribution in [-0.4, -0.2) is 16.8 Å². The van der Waals surface area contributed by atoms with Crippen LogP contribution in [0.25, 0.3) is 0 Å². The van der Waals surface area contributed by atoms with E-state index in [0.717, 1.165) is 21.2 Å². The Morgan fingerprint density at radius 3 is 2.52 bits per heavy atom. The van der Waals surface area contributed by atoms with Gasteiger partial charge in [-0.25, -0.2) is 4.98 Å². The molecule has 2 aromatic rings. The van der Waals surface area contributed by atoms with Gasteiger partial charge in [-0.15, -0.1) is 0 Å². The number of hydrogen-bond donors (Lipinski definition) is 2. The van der Waals surface area contributed by atoms with Crippen molar-refractivity contribution < 1.29 is 9.59 Å². The molecule has 2 N–H and O–H groups in total.